The van der Waals surface area contributed by atoms with E-state index in [0.717, 1.165) is 41.7 Å². The van der Waals surface area contributed by atoms with Crippen molar-refractivity contribution in [2.75, 3.05) is 19.6 Å². The number of phenolic OH excluding ortho intramolecular Hbond substituents is 1. The summed E-state index contributed by atoms with van der Waals surface area (Å²) in [5.41, 5.74) is 7.84. The molecule has 3 aromatic carbocycles. The molecule has 3 saturated heterocycles. The van der Waals surface area contributed by atoms with Gasteiger partial charge in [-0.1, -0.05) is 53.8 Å². The minimum Gasteiger partial charge on any atom is -0.504 e. The van der Waals surface area contributed by atoms with Crippen LogP contribution in [0.2, 0.25) is 0 Å². The normalized spacial score (nSPS) is 26.7. The van der Waals surface area contributed by atoms with Gasteiger partial charge in [-0.3, -0.25) is 38.4 Å². The first kappa shape index (κ1) is 65.1. The minimum atomic E-state index is -2.22. The van der Waals surface area contributed by atoms with Crippen molar-refractivity contribution in [1.82, 2.24) is 46.6 Å². The van der Waals surface area contributed by atoms with Crippen LogP contribution in [0.25, 0.3) is 22.9 Å². The number of aliphatic hydroxyl groups is 6. The number of nitrogens with two attached hydrogens (primary N) is 1. The van der Waals surface area contributed by atoms with E-state index in [-0.39, 0.29) is 41.0 Å². The molecule has 1 saturated carbocycles. The Kier molecular flexibility index (Phi) is 21.9. The number of nitrogens with one attached hydrogen (secondary N) is 5. The summed E-state index contributed by atoms with van der Waals surface area (Å²) in [6, 6.07) is 5.57. The topological polar surface area (TPSA) is 458 Å². The molecule has 0 radical (unpaired) electrons. The number of nitrogens with zero attached hydrogens (tertiary/aromatic N) is 4. The standard InChI is InChI=1S/C56H70N10O20S/c1-26-24-66-46(47(26)74)52(79)58-23-34(68)20-36(59-48(75)31-11-15-33(16-12-31)54-64-63-53(83-54)32-13-9-30(10-14-32)29-6-4-3-5-7-29)49(76)60-43(27(2)67)55(80)65-25-35(69)21-37(65)50(77)61-44(51(78)62-45(56(66)81)40(72)22-42(57)73)39(71)18-28-8-17-38(70)41(19-28)84-87-86-85-82/h8-17,19,26-27,29,34-37,39-40,43-47,67-72,74,82H,3-7,18,20-25H2,1-2H3,(H2,57,73)(H,58,79)(H,59,75)(H,60,76)(H,61,77)(H,62,78)/t26?,27?,34?,35?,36-,37?,39?,40?,43?,44?,45?,46?,47?/m0/s1. The SMILES string of the molecule is CC(O)C1NC(=O)[C@@H](NC(=O)c2ccc(-c3nnc(-c4ccc(C5CCCCC5)cc4)o3)cc2)CC(O)CNC(=O)C2C(O)C(C)CN2C(=O)C(C(O)CC(N)=O)NC(=O)C(C(O)Cc2ccc(O)c(OSOOO)c2)NC(=O)C2CC(O)CN2C1=O. The molecule has 87 heavy (non-hydrogen) atoms. The predicted octanol–water partition coefficient (Wildman–Crippen LogP) is -1.66. The summed E-state index contributed by atoms with van der Waals surface area (Å²) in [6.07, 6.45) is -7.74. The largest absolute Gasteiger partial charge is 0.504 e. The molecule has 8 amide bonds. The van der Waals surface area contributed by atoms with Crippen molar-refractivity contribution in [3.63, 3.8) is 0 Å². The third kappa shape index (κ3) is 16.0. The summed E-state index contributed by atoms with van der Waals surface area (Å²) in [5, 5.41) is 111. The Morgan fingerprint density at radius 1 is 0.770 bits per heavy atom. The number of benzene rings is 3. The number of carbonyl (C=O) groups excluding carboxylic acids is 8. The Hall–Kier alpha value is -7.85. The van der Waals surface area contributed by atoms with Crippen LogP contribution in [0.15, 0.2) is 71.1 Å². The first-order valence-electron chi connectivity index (χ1n) is 28.2. The van der Waals surface area contributed by atoms with Crippen molar-refractivity contribution >= 4 is 59.6 Å². The molecule has 4 aliphatic rings. The van der Waals surface area contributed by atoms with E-state index >= 15 is 0 Å². The van der Waals surface area contributed by atoms with E-state index in [2.05, 4.69) is 58.3 Å². The maximum Gasteiger partial charge on any atom is 0.261 e. The number of β-amino-alcohol motifs (C(OH)–C–C–N with tert-alkyl or cyclic N) is 1. The molecule has 12 unspecified atom stereocenters. The Morgan fingerprint density at radius 2 is 1.40 bits per heavy atom. The van der Waals surface area contributed by atoms with Crippen molar-refractivity contribution in [3.05, 3.63) is 83.4 Å². The van der Waals surface area contributed by atoms with Crippen LogP contribution in [0.4, 0.5) is 0 Å². The number of phenols is 1. The molecule has 15 N–H and O–H groups in total. The van der Waals surface area contributed by atoms with Gasteiger partial charge in [0.2, 0.25) is 53.1 Å². The van der Waals surface area contributed by atoms with E-state index in [1.54, 1.807) is 0 Å². The number of aromatic hydroxyl groups is 1. The maximum atomic E-state index is 14.7. The van der Waals surface area contributed by atoms with Crippen LogP contribution >= 0.6 is 12.3 Å². The minimum absolute atomic E-state index is 0.0247. The molecule has 470 valence electrons. The summed E-state index contributed by atoms with van der Waals surface area (Å²) >= 11 is 0.0566. The van der Waals surface area contributed by atoms with Gasteiger partial charge in [0.15, 0.2) is 11.5 Å². The smallest absolute Gasteiger partial charge is 0.261 e. The average molecular weight is 1240 g/mol. The second kappa shape index (κ2) is 29.2. The van der Waals surface area contributed by atoms with Gasteiger partial charge in [-0.2, -0.15) is 0 Å². The lowest BCUT2D eigenvalue weighted by molar-refractivity contribution is -0.433. The van der Waals surface area contributed by atoms with Crippen molar-refractivity contribution in [1.29, 1.82) is 0 Å². The number of rotatable bonds is 16. The summed E-state index contributed by atoms with van der Waals surface area (Å²) in [6.45, 7) is 0.853. The van der Waals surface area contributed by atoms with E-state index in [4.69, 9.17) is 19.6 Å². The van der Waals surface area contributed by atoms with Gasteiger partial charge in [-0.05, 0) is 85.3 Å². The molecule has 0 spiro atoms. The summed E-state index contributed by atoms with van der Waals surface area (Å²) < 4.78 is 15.3. The quantitative estimate of drug-likeness (QED) is 0.0258. The van der Waals surface area contributed by atoms with Crippen LogP contribution in [-0.4, -0.2) is 201 Å². The van der Waals surface area contributed by atoms with Crippen molar-refractivity contribution in [2.45, 2.75) is 150 Å². The first-order valence-corrected chi connectivity index (χ1v) is 28.8. The van der Waals surface area contributed by atoms with Gasteiger partial charge in [-0.25, -0.2) is 5.26 Å². The van der Waals surface area contributed by atoms with Crippen LogP contribution in [0.3, 0.4) is 0 Å². The Balaban J connectivity index is 1.09. The summed E-state index contributed by atoms with van der Waals surface area (Å²) in [5.74, 6) is -10.2. The highest BCUT2D eigenvalue weighted by molar-refractivity contribution is 7.90. The van der Waals surface area contributed by atoms with Gasteiger partial charge in [0, 0.05) is 61.5 Å². The van der Waals surface area contributed by atoms with Gasteiger partial charge in [0.05, 0.1) is 43.0 Å². The Labute approximate surface area is 501 Å². The van der Waals surface area contributed by atoms with E-state index in [9.17, 15) is 74.1 Å². The van der Waals surface area contributed by atoms with Crippen molar-refractivity contribution in [3.8, 4) is 34.4 Å². The molecule has 4 fully saturated rings. The Bertz CT molecular complexity index is 3110. The molecule has 4 heterocycles. The van der Waals surface area contributed by atoms with Gasteiger partial charge in [0.1, 0.15) is 36.3 Å². The number of hydrogen-bond donors (Lipinski definition) is 14. The third-order valence-electron chi connectivity index (χ3n) is 15.9. The molecule has 4 aromatic rings. The zero-order chi connectivity index (χ0) is 62.8. The molecular formula is C56H70N10O20S. The van der Waals surface area contributed by atoms with Crippen LogP contribution in [0.1, 0.15) is 92.6 Å². The van der Waals surface area contributed by atoms with E-state index in [0.29, 0.717) is 17.0 Å². The van der Waals surface area contributed by atoms with E-state index < -0.39 is 177 Å². The zero-order valence-corrected chi connectivity index (χ0v) is 48.0. The third-order valence-corrected chi connectivity index (χ3v) is 16.2. The second-order valence-corrected chi connectivity index (χ2v) is 22.7. The van der Waals surface area contributed by atoms with Crippen LogP contribution in [0.5, 0.6) is 11.5 Å². The monoisotopic (exact) mass is 1230 g/mol. The Morgan fingerprint density at radius 3 is 2.05 bits per heavy atom. The van der Waals surface area contributed by atoms with Gasteiger partial charge in [-0.15, -0.1) is 10.2 Å². The number of fused-ring (bicyclic) bond motifs is 2. The number of aromatic nitrogens is 2. The second-order valence-electron chi connectivity index (χ2n) is 22.2. The predicted molar refractivity (Wildman–Crippen MR) is 301 cm³/mol. The molecule has 31 heteroatoms. The average Bonchev–Trinajstić information content (AvgIpc) is 2.30. The first-order chi connectivity index (χ1) is 41.5. The maximum absolute atomic E-state index is 14.7. The number of amides is 8. The number of aliphatic hydroxyl groups excluding tert-OH is 6. The highest BCUT2D eigenvalue weighted by Gasteiger charge is 2.50. The number of carbonyl (C=O) groups is 8. The lowest BCUT2D eigenvalue weighted by Crippen LogP contribution is -2.64. The lowest BCUT2D eigenvalue weighted by atomic mass is 9.84. The highest BCUT2D eigenvalue weighted by atomic mass is 32.2. The fourth-order valence-electron chi connectivity index (χ4n) is 11.2. The number of hydrogen-bond acceptors (Lipinski definition) is 23. The van der Waals surface area contributed by atoms with E-state index in [1.165, 1.54) is 62.1 Å². The highest BCUT2D eigenvalue weighted by Crippen LogP contribution is 2.35. The van der Waals surface area contributed by atoms with Gasteiger partial charge >= 0.3 is 0 Å². The van der Waals surface area contributed by atoms with Crippen LogP contribution in [-0.2, 0) is 49.4 Å². The molecular weight excluding hydrogens is 1160 g/mol. The molecule has 13 atom stereocenters. The van der Waals surface area contributed by atoms with E-state index in [1.807, 2.05) is 12.1 Å². The fourth-order valence-corrected chi connectivity index (χ4v) is 11.5. The van der Waals surface area contributed by atoms with Gasteiger partial charge in [0.25, 0.3) is 18.2 Å². The molecule has 1 aliphatic carbocycles. The molecule has 1 aromatic heterocycles. The summed E-state index contributed by atoms with van der Waals surface area (Å²) in [7, 11) is 0. The van der Waals surface area contributed by atoms with Gasteiger partial charge < -0.3 is 86.5 Å². The molecule has 30 nitrogen and oxygen atoms in total. The zero-order valence-electron chi connectivity index (χ0n) is 47.2. The summed E-state index contributed by atoms with van der Waals surface area (Å²) in [4.78, 5) is 115. The van der Waals surface area contributed by atoms with Crippen LogP contribution in [0, 0.1) is 5.92 Å². The number of primary amides is 1. The molecule has 3 aliphatic heterocycles. The van der Waals surface area contributed by atoms with Crippen molar-refractivity contribution in [2.24, 2.45) is 11.7 Å². The van der Waals surface area contributed by atoms with Crippen molar-refractivity contribution < 1.29 is 97.3 Å². The van der Waals surface area contributed by atoms with Crippen LogP contribution < -0.4 is 36.5 Å². The molecule has 8 rings (SSSR count). The molecule has 0 bridgehead atoms. The lowest BCUT2D eigenvalue weighted by Gasteiger charge is -2.33. The fraction of sp³-hybridized carbons (Fsp3) is 0.500.